The van der Waals surface area contributed by atoms with Crippen molar-refractivity contribution in [3.63, 3.8) is 0 Å². The van der Waals surface area contributed by atoms with Gasteiger partial charge in [0.1, 0.15) is 5.75 Å². The highest BCUT2D eigenvalue weighted by molar-refractivity contribution is 5.94. The van der Waals surface area contributed by atoms with Crippen LogP contribution in [-0.2, 0) is 4.79 Å². The van der Waals surface area contributed by atoms with E-state index in [-0.39, 0.29) is 29.5 Å². The third-order valence-electron chi connectivity index (χ3n) is 5.75. The van der Waals surface area contributed by atoms with Gasteiger partial charge >= 0.3 is 0 Å². The second-order valence-electron chi connectivity index (χ2n) is 7.88. The van der Waals surface area contributed by atoms with Crippen LogP contribution in [0.1, 0.15) is 40.2 Å². The van der Waals surface area contributed by atoms with Gasteiger partial charge in [0.2, 0.25) is 5.91 Å². The molecule has 0 unspecified atom stereocenters. The van der Waals surface area contributed by atoms with Gasteiger partial charge < -0.3 is 15.3 Å². The molecule has 5 heteroatoms. The molecule has 0 atom stereocenters. The fourth-order valence-electron chi connectivity index (χ4n) is 4.12. The molecule has 31 heavy (non-hydrogen) atoms. The number of piperidine rings is 1. The fraction of sp³-hybridized carbons (Fsp3) is 0.231. The normalized spacial score (nSPS) is 14.4. The number of aromatic hydroxyl groups is 1. The zero-order valence-electron chi connectivity index (χ0n) is 17.3. The molecule has 4 rings (SSSR count). The predicted molar refractivity (Wildman–Crippen MR) is 120 cm³/mol. The van der Waals surface area contributed by atoms with E-state index < -0.39 is 0 Å². The first-order valence-electron chi connectivity index (χ1n) is 10.6. The number of hydrogen-bond acceptors (Lipinski definition) is 3. The third kappa shape index (κ3) is 4.94. The number of amides is 2. The lowest BCUT2D eigenvalue weighted by atomic mass is 9.90. The second-order valence-corrected chi connectivity index (χ2v) is 7.88. The first-order valence-corrected chi connectivity index (χ1v) is 10.6. The topological polar surface area (TPSA) is 69.6 Å². The molecule has 2 amide bonds. The molecule has 2 N–H and O–H groups in total. The van der Waals surface area contributed by atoms with E-state index in [9.17, 15) is 14.7 Å². The van der Waals surface area contributed by atoms with Crippen LogP contribution in [-0.4, -0.2) is 41.0 Å². The smallest absolute Gasteiger partial charge is 0.253 e. The van der Waals surface area contributed by atoms with Crippen molar-refractivity contribution < 1.29 is 14.7 Å². The summed E-state index contributed by atoms with van der Waals surface area (Å²) in [4.78, 5) is 27.7. The van der Waals surface area contributed by atoms with E-state index in [1.807, 2.05) is 60.7 Å². The van der Waals surface area contributed by atoms with Gasteiger partial charge in [0, 0.05) is 24.7 Å². The zero-order valence-corrected chi connectivity index (χ0v) is 17.3. The minimum absolute atomic E-state index is 0.0184. The van der Waals surface area contributed by atoms with Gasteiger partial charge in [-0.25, -0.2) is 0 Å². The number of carbonyl (C=O) groups excluding carboxylic acids is 2. The highest BCUT2D eigenvalue weighted by Gasteiger charge is 2.28. The lowest BCUT2D eigenvalue weighted by Crippen LogP contribution is -2.47. The fourth-order valence-corrected chi connectivity index (χ4v) is 4.12. The second kappa shape index (κ2) is 9.47. The summed E-state index contributed by atoms with van der Waals surface area (Å²) < 4.78 is 0. The summed E-state index contributed by atoms with van der Waals surface area (Å²) in [6.45, 7) is 1.14. The van der Waals surface area contributed by atoms with Crippen molar-refractivity contribution in [3.8, 4) is 5.75 Å². The summed E-state index contributed by atoms with van der Waals surface area (Å²) in [5.41, 5.74) is 2.40. The van der Waals surface area contributed by atoms with E-state index in [0.29, 0.717) is 31.5 Å². The molecule has 0 spiro atoms. The molecular formula is C26H26N2O3. The average Bonchev–Trinajstić information content (AvgIpc) is 2.81. The Bertz CT molecular complexity index is 989. The summed E-state index contributed by atoms with van der Waals surface area (Å²) in [6, 6.07) is 26.0. The maximum absolute atomic E-state index is 13.3. The van der Waals surface area contributed by atoms with Crippen molar-refractivity contribution in [2.24, 2.45) is 0 Å². The van der Waals surface area contributed by atoms with Gasteiger partial charge in [-0.15, -0.1) is 0 Å². The Labute approximate surface area is 182 Å². The standard InChI is InChI=1S/C26H26N2O3/c29-23-13-7-12-21(18-23)26(31)28-16-14-22(15-17-28)27-25(30)24(19-8-3-1-4-9-19)20-10-5-2-6-11-20/h1-13,18,22,24,29H,14-17H2,(H,27,30). The van der Waals surface area contributed by atoms with Gasteiger partial charge in [-0.05, 0) is 42.2 Å². The van der Waals surface area contributed by atoms with Crippen molar-refractivity contribution >= 4 is 11.8 Å². The van der Waals surface area contributed by atoms with E-state index >= 15 is 0 Å². The molecular weight excluding hydrogens is 388 g/mol. The highest BCUT2D eigenvalue weighted by Crippen LogP contribution is 2.26. The van der Waals surface area contributed by atoms with Gasteiger partial charge in [0.25, 0.3) is 5.91 Å². The van der Waals surface area contributed by atoms with Crippen LogP contribution >= 0.6 is 0 Å². The van der Waals surface area contributed by atoms with E-state index in [1.54, 1.807) is 23.1 Å². The minimum atomic E-state index is -0.366. The molecule has 3 aromatic rings. The van der Waals surface area contributed by atoms with Crippen molar-refractivity contribution in [2.75, 3.05) is 13.1 Å². The molecule has 0 aliphatic carbocycles. The number of nitrogens with zero attached hydrogens (tertiary/aromatic N) is 1. The molecule has 0 aromatic heterocycles. The minimum Gasteiger partial charge on any atom is -0.508 e. The van der Waals surface area contributed by atoms with Gasteiger partial charge in [-0.3, -0.25) is 9.59 Å². The van der Waals surface area contributed by atoms with Crippen molar-refractivity contribution in [2.45, 2.75) is 24.8 Å². The number of nitrogens with one attached hydrogen (secondary N) is 1. The first-order chi connectivity index (χ1) is 15.1. The molecule has 0 radical (unpaired) electrons. The lowest BCUT2D eigenvalue weighted by molar-refractivity contribution is -0.122. The van der Waals surface area contributed by atoms with Gasteiger partial charge in [0.15, 0.2) is 0 Å². The first kappa shape index (κ1) is 20.7. The van der Waals surface area contributed by atoms with Gasteiger partial charge in [-0.1, -0.05) is 66.7 Å². The molecule has 0 bridgehead atoms. The zero-order chi connectivity index (χ0) is 21.6. The number of hydrogen-bond donors (Lipinski definition) is 2. The maximum Gasteiger partial charge on any atom is 0.253 e. The SMILES string of the molecule is O=C(NC1CCN(C(=O)c2cccc(O)c2)CC1)C(c1ccccc1)c1ccccc1. The molecule has 3 aromatic carbocycles. The van der Waals surface area contributed by atoms with Crippen molar-refractivity contribution in [3.05, 3.63) is 102 Å². The van der Waals surface area contributed by atoms with Crippen LogP contribution in [0, 0.1) is 0 Å². The average molecular weight is 415 g/mol. The van der Waals surface area contributed by atoms with Crippen LogP contribution in [0.3, 0.4) is 0 Å². The number of phenolic OH excluding ortho intramolecular Hbond substituents is 1. The predicted octanol–water partition coefficient (Wildman–Crippen LogP) is 3.95. The number of carbonyl (C=O) groups is 2. The lowest BCUT2D eigenvalue weighted by Gasteiger charge is -2.33. The molecule has 1 aliphatic rings. The maximum atomic E-state index is 13.3. The van der Waals surface area contributed by atoms with Crippen LogP contribution in [0.15, 0.2) is 84.9 Å². The molecule has 1 saturated heterocycles. The Kier molecular flexibility index (Phi) is 6.32. The Morgan fingerprint density at radius 1 is 0.839 bits per heavy atom. The summed E-state index contributed by atoms with van der Waals surface area (Å²) in [6.07, 6.45) is 1.40. The van der Waals surface area contributed by atoms with E-state index in [1.165, 1.54) is 6.07 Å². The molecule has 1 heterocycles. The van der Waals surface area contributed by atoms with Crippen LogP contribution in [0.4, 0.5) is 0 Å². The Morgan fingerprint density at radius 2 is 1.42 bits per heavy atom. The molecule has 5 nitrogen and oxygen atoms in total. The van der Waals surface area contributed by atoms with Crippen molar-refractivity contribution in [1.82, 2.24) is 10.2 Å². The molecule has 1 aliphatic heterocycles. The van der Waals surface area contributed by atoms with Gasteiger partial charge in [-0.2, -0.15) is 0 Å². The van der Waals surface area contributed by atoms with Crippen LogP contribution in [0.5, 0.6) is 5.75 Å². The third-order valence-corrected chi connectivity index (χ3v) is 5.75. The quantitative estimate of drug-likeness (QED) is 0.664. The highest BCUT2D eigenvalue weighted by atomic mass is 16.3. The Balaban J connectivity index is 1.41. The van der Waals surface area contributed by atoms with E-state index in [4.69, 9.17) is 0 Å². The monoisotopic (exact) mass is 414 g/mol. The summed E-state index contributed by atoms with van der Waals surface area (Å²) in [7, 11) is 0. The van der Waals surface area contributed by atoms with Gasteiger partial charge in [0.05, 0.1) is 5.92 Å². The summed E-state index contributed by atoms with van der Waals surface area (Å²) in [5, 5.41) is 12.8. The molecule has 1 fully saturated rings. The largest absolute Gasteiger partial charge is 0.508 e. The Morgan fingerprint density at radius 3 is 1.97 bits per heavy atom. The van der Waals surface area contributed by atoms with E-state index in [0.717, 1.165) is 11.1 Å². The number of rotatable bonds is 5. The van der Waals surface area contributed by atoms with Crippen LogP contribution < -0.4 is 5.32 Å². The molecule has 0 saturated carbocycles. The number of likely N-dealkylation sites (tertiary alicyclic amines) is 1. The Hall–Kier alpha value is -3.60. The summed E-state index contributed by atoms with van der Waals surface area (Å²) >= 11 is 0. The van der Waals surface area contributed by atoms with Crippen LogP contribution in [0.2, 0.25) is 0 Å². The van der Waals surface area contributed by atoms with Crippen molar-refractivity contribution in [1.29, 1.82) is 0 Å². The van der Waals surface area contributed by atoms with Crippen LogP contribution in [0.25, 0.3) is 0 Å². The summed E-state index contributed by atoms with van der Waals surface area (Å²) in [5.74, 6) is -0.391. The number of phenols is 1. The number of benzene rings is 3. The van der Waals surface area contributed by atoms with E-state index in [2.05, 4.69) is 5.32 Å². The molecule has 158 valence electrons.